The van der Waals surface area contributed by atoms with Crippen molar-refractivity contribution < 1.29 is 9.53 Å². The van der Waals surface area contributed by atoms with E-state index in [2.05, 4.69) is 23.2 Å². The Kier molecular flexibility index (Phi) is 8.81. The number of aryl methyl sites for hydroxylation is 1. The number of carbonyl (C=O) groups is 1. The predicted molar refractivity (Wildman–Crippen MR) is 104 cm³/mol. The first-order chi connectivity index (χ1) is 12.2. The third-order valence-corrected chi connectivity index (χ3v) is 4.83. The summed E-state index contributed by atoms with van der Waals surface area (Å²) < 4.78 is 5.56. The molecule has 1 heterocycles. The van der Waals surface area contributed by atoms with Crippen molar-refractivity contribution in [1.29, 1.82) is 0 Å². The van der Waals surface area contributed by atoms with Gasteiger partial charge in [-0.2, -0.15) is 0 Å². The Labute approximate surface area is 152 Å². The SMILES string of the molecule is CCCCCCc1ccccc1NC(=O)O[C@H](C)CN1CCCCC1. The lowest BCUT2D eigenvalue weighted by Gasteiger charge is -2.28. The van der Waals surface area contributed by atoms with E-state index in [1.807, 2.05) is 25.1 Å². The molecule has 1 aromatic carbocycles. The third kappa shape index (κ3) is 7.47. The number of hydrogen-bond acceptors (Lipinski definition) is 3. The van der Waals surface area contributed by atoms with E-state index in [0.29, 0.717) is 0 Å². The molecule has 0 saturated carbocycles. The molecule has 2 rings (SSSR count). The fraction of sp³-hybridized carbons (Fsp3) is 0.667. The topological polar surface area (TPSA) is 41.6 Å². The number of carbonyl (C=O) groups excluding carboxylic acids is 1. The van der Waals surface area contributed by atoms with Crippen molar-refractivity contribution in [1.82, 2.24) is 4.90 Å². The Morgan fingerprint density at radius 2 is 1.92 bits per heavy atom. The fourth-order valence-electron chi connectivity index (χ4n) is 3.47. The highest BCUT2D eigenvalue weighted by Gasteiger charge is 2.17. The number of hydrogen-bond donors (Lipinski definition) is 1. The zero-order valence-electron chi connectivity index (χ0n) is 15.9. The second kappa shape index (κ2) is 11.1. The van der Waals surface area contributed by atoms with Crippen molar-refractivity contribution in [3.8, 4) is 0 Å². The van der Waals surface area contributed by atoms with Crippen molar-refractivity contribution in [2.45, 2.75) is 71.3 Å². The Morgan fingerprint density at radius 1 is 1.16 bits per heavy atom. The summed E-state index contributed by atoms with van der Waals surface area (Å²) in [5.41, 5.74) is 2.08. The number of rotatable bonds is 9. The average molecular weight is 347 g/mol. The molecule has 1 aliphatic rings. The van der Waals surface area contributed by atoms with E-state index >= 15 is 0 Å². The number of para-hydroxylation sites is 1. The Hall–Kier alpha value is -1.55. The first-order valence-electron chi connectivity index (χ1n) is 9.97. The van der Waals surface area contributed by atoms with Gasteiger partial charge in [0.1, 0.15) is 6.10 Å². The number of likely N-dealkylation sites (tertiary alicyclic amines) is 1. The molecule has 4 nitrogen and oxygen atoms in total. The Balaban J connectivity index is 1.78. The van der Waals surface area contributed by atoms with Gasteiger partial charge in [0.05, 0.1) is 0 Å². The molecule has 1 N–H and O–H groups in total. The van der Waals surface area contributed by atoms with Gasteiger partial charge in [-0.25, -0.2) is 4.79 Å². The first kappa shape index (κ1) is 19.8. The highest BCUT2D eigenvalue weighted by atomic mass is 16.6. The number of unbranched alkanes of at least 4 members (excludes halogenated alkanes) is 3. The second-order valence-corrected chi connectivity index (χ2v) is 7.17. The summed E-state index contributed by atoms with van der Waals surface area (Å²) in [6.45, 7) is 7.26. The summed E-state index contributed by atoms with van der Waals surface area (Å²) in [5, 5.41) is 2.94. The number of benzene rings is 1. The van der Waals surface area contributed by atoms with Gasteiger partial charge in [-0.05, 0) is 57.3 Å². The van der Waals surface area contributed by atoms with Crippen LogP contribution in [0.15, 0.2) is 24.3 Å². The molecule has 25 heavy (non-hydrogen) atoms. The van der Waals surface area contributed by atoms with E-state index in [1.165, 1.54) is 44.1 Å². The maximum absolute atomic E-state index is 12.2. The van der Waals surface area contributed by atoms with Gasteiger partial charge in [0.15, 0.2) is 0 Å². The van der Waals surface area contributed by atoms with E-state index in [0.717, 1.165) is 38.2 Å². The molecule has 1 aliphatic heterocycles. The van der Waals surface area contributed by atoms with Crippen LogP contribution < -0.4 is 5.32 Å². The summed E-state index contributed by atoms with van der Waals surface area (Å²) in [4.78, 5) is 14.6. The van der Waals surface area contributed by atoms with Crippen LogP contribution in [0.2, 0.25) is 0 Å². The van der Waals surface area contributed by atoms with Crippen LogP contribution in [0.25, 0.3) is 0 Å². The number of nitrogens with one attached hydrogen (secondary N) is 1. The van der Waals surface area contributed by atoms with Crippen molar-refractivity contribution in [2.75, 3.05) is 25.0 Å². The van der Waals surface area contributed by atoms with Gasteiger partial charge in [-0.3, -0.25) is 10.2 Å². The van der Waals surface area contributed by atoms with Gasteiger partial charge >= 0.3 is 6.09 Å². The minimum Gasteiger partial charge on any atom is -0.445 e. The summed E-state index contributed by atoms with van der Waals surface area (Å²) >= 11 is 0. The molecule has 0 bridgehead atoms. The Morgan fingerprint density at radius 3 is 2.68 bits per heavy atom. The molecular weight excluding hydrogens is 312 g/mol. The van der Waals surface area contributed by atoms with Gasteiger partial charge in [-0.1, -0.05) is 50.8 Å². The molecule has 0 radical (unpaired) electrons. The highest BCUT2D eigenvalue weighted by molar-refractivity contribution is 5.85. The molecular formula is C21H34N2O2. The van der Waals surface area contributed by atoms with E-state index in [9.17, 15) is 4.79 Å². The average Bonchev–Trinajstić information content (AvgIpc) is 2.60. The maximum Gasteiger partial charge on any atom is 0.411 e. The molecule has 4 heteroatoms. The van der Waals surface area contributed by atoms with Gasteiger partial charge in [0.25, 0.3) is 0 Å². The number of amides is 1. The van der Waals surface area contributed by atoms with E-state index < -0.39 is 0 Å². The quantitative estimate of drug-likeness (QED) is 0.622. The van der Waals surface area contributed by atoms with Crippen LogP contribution in [0, 0.1) is 0 Å². The number of anilines is 1. The number of ether oxygens (including phenoxy) is 1. The van der Waals surface area contributed by atoms with Crippen molar-refractivity contribution >= 4 is 11.8 Å². The van der Waals surface area contributed by atoms with Gasteiger partial charge in [0, 0.05) is 12.2 Å². The van der Waals surface area contributed by atoms with Gasteiger partial charge in [0.2, 0.25) is 0 Å². The largest absolute Gasteiger partial charge is 0.445 e. The summed E-state index contributed by atoms with van der Waals surface area (Å²) in [6.07, 6.45) is 9.30. The third-order valence-electron chi connectivity index (χ3n) is 4.83. The van der Waals surface area contributed by atoms with E-state index in [-0.39, 0.29) is 12.2 Å². The van der Waals surface area contributed by atoms with Crippen LogP contribution >= 0.6 is 0 Å². The smallest absolute Gasteiger partial charge is 0.411 e. The molecule has 0 aliphatic carbocycles. The Bertz CT molecular complexity index is 512. The number of nitrogens with zero attached hydrogens (tertiary/aromatic N) is 1. The molecule has 1 aromatic rings. The summed E-state index contributed by atoms with van der Waals surface area (Å²) in [6, 6.07) is 8.05. The molecule has 1 amide bonds. The molecule has 1 saturated heterocycles. The zero-order chi connectivity index (χ0) is 17.9. The molecule has 0 spiro atoms. The lowest BCUT2D eigenvalue weighted by atomic mass is 10.0. The predicted octanol–water partition coefficient (Wildman–Crippen LogP) is 5.23. The van der Waals surface area contributed by atoms with Crippen LogP contribution in [-0.4, -0.2) is 36.7 Å². The normalized spacial score (nSPS) is 16.4. The monoisotopic (exact) mass is 346 g/mol. The summed E-state index contributed by atoms with van der Waals surface area (Å²) in [5.74, 6) is 0. The van der Waals surface area contributed by atoms with Gasteiger partial charge < -0.3 is 4.74 Å². The summed E-state index contributed by atoms with van der Waals surface area (Å²) in [7, 11) is 0. The van der Waals surface area contributed by atoms with Gasteiger partial charge in [-0.15, -0.1) is 0 Å². The van der Waals surface area contributed by atoms with Crippen molar-refractivity contribution in [3.63, 3.8) is 0 Å². The molecule has 140 valence electrons. The number of piperidine rings is 1. The maximum atomic E-state index is 12.2. The van der Waals surface area contributed by atoms with E-state index in [1.54, 1.807) is 0 Å². The first-order valence-corrected chi connectivity index (χ1v) is 9.97. The van der Waals surface area contributed by atoms with Crippen LogP contribution in [-0.2, 0) is 11.2 Å². The molecule has 1 atom stereocenters. The standard InChI is InChI=1S/C21H34N2O2/c1-3-4-5-7-12-19-13-8-9-14-20(19)22-21(24)25-18(2)17-23-15-10-6-11-16-23/h8-9,13-14,18H,3-7,10-12,15-17H2,1-2H3,(H,22,24)/t18-/m1/s1. The minimum atomic E-state index is -0.342. The van der Waals surface area contributed by atoms with Crippen molar-refractivity contribution in [2.24, 2.45) is 0 Å². The molecule has 0 aromatic heterocycles. The van der Waals surface area contributed by atoms with Crippen LogP contribution in [0.4, 0.5) is 10.5 Å². The zero-order valence-corrected chi connectivity index (χ0v) is 15.9. The minimum absolute atomic E-state index is 0.0881. The lowest BCUT2D eigenvalue weighted by Crippen LogP contribution is -2.37. The highest BCUT2D eigenvalue weighted by Crippen LogP contribution is 2.19. The van der Waals surface area contributed by atoms with Crippen molar-refractivity contribution in [3.05, 3.63) is 29.8 Å². The van der Waals surface area contributed by atoms with E-state index in [4.69, 9.17) is 4.74 Å². The lowest BCUT2D eigenvalue weighted by molar-refractivity contribution is 0.0833. The molecule has 1 fully saturated rings. The molecule has 0 unspecified atom stereocenters. The van der Waals surface area contributed by atoms with Crippen LogP contribution in [0.5, 0.6) is 0 Å². The second-order valence-electron chi connectivity index (χ2n) is 7.17. The van der Waals surface area contributed by atoms with Crippen LogP contribution in [0.3, 0.4) is 0 Å². The van der Waals surface area contributed by atoms with Crippen LogP contribution in [0.1, 0.15) is 64.4 Å². The fourth-order valence-corrected chi connectivity index (χ4v) is 3.47.